The maximum absolute atomic E-state index is 12.4. The molecule has 0 radical (unpaired) electrons. The van der Waals surface area contributed by atoms with E-state index in [9.17, 15) is 4.79 Å². The van der Waals surface area contributed by atoms with E-state index in [-0.39, 0.29) is 48.7 Å². The highest BCUT2D eigenvalue weighted by atomic mass is 35.5. The van der Waals surface area contributed by atoms with Crippen LogP contribution in [0.25, 0.3) is 0 Å². The molecule has 1 aromatic rings. The van der Waals surface area contributed by atoms with E-state index in [1.54, 1.807) is 11.3 Å². The average molecular weight is 396 g/mol. The van der Waals surface area contributed by atoms with E-state index in [1.165, 1.54) is 5.56 Å². The van der Waals surface area contributed by atoms with Gasteiger partial charge >= 0.3 is 0 Å². The second kappa shape index (κ2) is 12.1. The molecule has 1 heterocycles. The van der Waals surface area contributed by atoms with E-state index in [4.69, 9.17) is 5.73 Å². The summed E-state index contributed by atoms with van der Waals surface area (Å²) in [6.07, 6.45) is 3.94. The molecule has 1 fully saturated rings. The Hall–Kier alpha value is -0.330. The van der Waals surface area contributed by atoms with E-state index in [1.807, 2.05) is 0 Å². The third-order valence-corrected chi connectivity index (χ3v) is 5.44. The third kappa shape index (κ3) is 6.52. The van der Waals surface area contributed by atoms with Crippen LogP contribution >= 0.6 is 36.2 Å². The predicted molar refractivity (Wildman–Crippen MR) is 107 cm³/mol. The Morgan fingerprint density at radius 3 is 2.62 bits per heavy atom. The van der Waals surface area contributed by atoms with Gasteiger partial charge in [0.25, 0.3) is 0 Å². The molecule has 0 bridgehead atoms. The first kappa shape index (κ1) is 23.7. The van der Waals surface area contributed by atoms with E-state index in [2.05, 4.69) is 40.9 Å². The number of likely N-dealkylation sites (N-methyl/N-ethyl adjacent to an activating group) is 1. The standard InChI is InChI=1S/C17H29N3OS.2ClH/c1-3-20(4-2)16(14-8-9-22-12-14)11-19-17(21)13-6-5-7-15(18)10-13;;/h8-9,12-13,15-16H,3-7,10-11,18H2,1-2H3,(H,19,21);2*1H. The number of halogens is 2. The number of hydrogen-bond acceptors (Lipinski definition) is 4. The van der Waals surface area contributed by atoms with Crippen molar-refractivity contribution in [3.63, 3.8) is 0 Å². The lowest BCUT2D eigenvalue weighted by atomic mass is 9.85. The lowest BCUT2D eigenvalue weighted by molar-refractivity contribution is -0.126. The predicted octanol–water partition coefficient (Wildman–Crippen LogP) is 3.61. The van der Waals surface area contributed by atoms with Gasteiger partial charge in [-0.15, -0.1) is 24.8 Å². The van der Waals surface area contributed by atoms with Gasteiger partial charge in [0.05, 0.1) is 6.04 Å². The van der Waals surface area contributed by atoms with Gasteiger partial charge in [0.2, 0.25) is 5.91 Å². The second-order valence-electron chi connectivity index (χ2n) is 6.16. The van der Waals surface area contributed by atoms with Gasteiger partial charge in [-0.2, -0.15) is 11.3 Å². The van der Waals surface area contributed by atoms with E-state index in [0.717, 1.165) is 38.8 Å². The lowest BCUT2D eigenvalue weighted by Gasteiger charge is -2.31. The van der Waals surface area contributed by atoms with E-state index in [0.29, 0.717) is 6.54 Å². The van der Waals surface area contributed by atoms with Crippen molar-refractivity contribution < 1.29 is 4.79 Å². The highest BCUT2D eigenvalue weighted by Gasteiger charge is 2.26. The Kier molecular flexibility index (Phi) is 11.9. The van der Waals surface area contributed by atoms with Crippen molar-refractivity contribution >= 4 is 42.1 Å². The molecule has 24 heavy (non-hydrogen) atoms. The first-order valence-electron chi connectivity index (χ1n) is 8.45. The fourth-order valence-electron chi connectivity index (χ4n) is 3.39. The molecule has 2 rings (SSSR count). The molecule has 3 atom stereocenters. The summed E-state index contributed by atoms with van der Waals surface area (Å²) in [5.41, 5.74) is 7.30. The summed E-state index contributed by atoms with van der Waals surface area (Å²) < 4.78 is 0. The van der Waals surface area contributed by atoms with Crippen LogP contribution in [0.15, 0.2) is 16.8 Å². The maximum Gasteiger partial charge on any atom is 0.223 e. The van der Waals surface area contributed by atoms with Crippen LogP contribution in [0.2, 0.25) is 0 Å². The number of rotatable bonds is 7. The first-order valence-corrected chi connectivity index (χ1v) is 9.39. The van der Waals surface area contributed by atoms with Crippen molar-refractivity contribution in [2.24, 2.45) is 11.7 Å². The largest absolute Gasteiger partial charge is 0.354 e. The van der Waals surface area contributed by atoms with Gasteiger partial charge in [0.15, 0.2) is 0 Å². The van der Waals surface area contributed by atoms with Crippen LogP contribution in [-0.2, 0) is 4.79 Å². The Labute approximate surface area is 162 Å². The number of hydrogen-bond donors (Lipinski definition) is 2. The monoisotopic (exact) mass is 395 g/mol. The minimum Gasteiger partial charge on any atom is -0.354 e. The van der Waals surface area contributed by atoms with Gasteiger partial charge in [-0.25, -0.2) is 0 Å². The number of nitrogens with two attached hydrogens (primary N) is 1. The maximum atomic E-state index is 12.4. The SMILES string of the molecule is CCN(CC)C(CNC(=O)C1CCCC(N)C1)c1ccsc1.Cl.Cl. The average Bonchev–Trinajstić information content (AvgIpc) is 3.05. The normalized spacial score (nSPS) is 21.5. The molecule has 0 aliphatic heterocycles. The molecular formula is C17H31Cl2N3OS. The van der Waals surface area contributed by atoms with Crippen LogP contribution in [0.3, 0.4) is 0 Å². The third-order valence-electron chi connectivity index (χ3n) is 4.74. The summed E-state index contributed by atoms with van der Waals surface area (Å²) >= 11 is 1.71. The Morgan fingerprint density at radius 1 is 1.38 bits per heavy atom. The molecule has 3 unspecified atom stereocenters. The van der Waals surface area contributed by atoms with Gasteiger partial charge in [-0.1, -0.05) is 20.3 Å². The van der Waals surface area contributed by atoms with E-state index >= 15 is 0 Å². The zero-order chi connectivity index (χ0) is 15.9. The molecule has 1 aromatic heterocycles. The fourth-order valence-corrected chi connectivity index (χ4v) is 4.10. The minimum atomic E-state index is 0. The number of nitrogens with zero attached hydrogens (tertiary/aromatic N) is 1. The van der Waals surface area contributed by atoms with Gasteiger partial charge in [-0.3, -0.25) is 9.69 Å². The summed E-state index contributed by atoms with van der Waals surface area (Å²) in [6.45, 7) is 7.00. The molecule has 3 N–H and O–H groups in total. The molecule has 1 amide bonds. The number of nitrogens with one attached hydrogen (secondary N) is 1. The van der Waals surface area contributed by atoms with Crippen molar-refractivity contribution in [1.82, 2.24) is 10.2 Å². The molecule has 1 saturated carbocycles. The van der Waals surface area contributed by atoms with Crippen LogP contribution in [0.5, 0.6) is 0 Å². The van der Waals surface area contributed by atoms with Gasteiger partial charge in [0.1, 0.15) is 0 Å². The van der Waals surface area contributed by atoms with Crippen LogP contribution in [0, 0.1) is 5.92 Å². The van der Waals surface area contributed by atoms with Crippen molar-refractivity contribution in [2.45, 2.75) is 51.6 Å². The molecule has 0 saturated heterocycles. The highest BCUT2D eigenvalue weighted by molar-refractivity contribution is 7.07. The fraction of sp³-hybridized carbons (Fsp3) is 0.706. The summed E-state index contributed by atoms with van der Waals surface area (Å²) in [7, 11) is 0. The summed E-state index contributed by atoms with van der Waals surface area (Å²) in [4.78, 5) is 14.8. The molecule has 140 valence electrons. The zero-order valence-corrected chi connectivity index (χ0v) is 17.0. The lowest BCUT2D eigenvalue weighted by Crippen LogP contribution is -2.42. The number of amides is 1. The summed E-state index contributed by atoms with van der Waals surface area (Å²) in [5.74, 6) is 0.283. The van der Waals surface area contributed by atoms with Crippen LogP contribution in [-0.4, -0.2) is 36.5 Å². The number of carbonyl (C=O) groups excluding carboxylic acids is 1. The van der Waals surface area contributed by atoms with Gasteiger partial charge in [0, 0.05) is 18.5 Å². The topological polar surface area (TPSA) is 58.4 Å². The summed E-state index contributed by atoms with van der Waals surface area (Å²) in [6, 6.07) is 2.62. The first-order chi connectivity index (χ1) is 10.7. The molecule has 7 heteroatoms. The minimum absolute atomic E-state index is 0. The zero-order valence-electron chi connectivity index (χ0n) is 14.6. The number of carbonyl (C=O) groups is 1. The molecule has 0 spiro atoms. The summed E-state index contributed by atoms with van der Waals surface area (Å²) in [5, 5.41) is 7.47. The number of thiophene rings is 1. The molecule has 0 aromatic carbocycles. The molecule has 1 aliphatic rings. The van der Waals surface area contributed by atoms with E-state index < -0.39 is 0 Å². The Bertz CT molecular complexity index is 455. The van der Waals surface area contributed by atoms with Crippen molar-refractivity contribution in [3.8, 4) is 0 Å². The Morgan fingerprint density at radius 2 is 2.08 bits per heavy atom. The van der Waals surface area contributed by atoms with Gasteiger partial charge < -0.3 is 11.1 Å². The second-order valence-corrected chi connectivity index (χ2v) is 6.94. The quantitative estimate of drug-likeness (QED) is 0.740. The van der Waals surface area contributed by atoms with Crippen LogP contribution < -0.4 is 11.1 Å². The molecular weight excluding hydrogens is 365 g/mol. The van der Waals surface area contributed by atoms with Crippen molar-refractivity contribution in [2.75, 3.05) is 19.6 Å². The highest BCUT2D eigenvalue weighted by Crippen LogP contribution is 2.25. The van der Waals surface area contributed by atoms with Crippen molar-refractivity contribution in [3.05, 3.63) is 22.4 Å². The van der Waals surface area contributed by atoms with Crippen molar-refractivity contribution in [1.29, 1.82) is 0 Å². The van der Waals surface area contributed by atoms with Gasteiger partial charge in [-0.05, 0) is 54.7 Å². The Balaban J connectivity index is 0.00000264. The smallest absolute Gasteiger partial charge is 0.223 e. The molecule has 1 aliphatic carbocycles. The van der Waals surface area contributed by atoms with Crippen LogP contribution in [0.1, 0.15) is 51.1 Å². The van der Waals surface area contributed by atoms with Crippen LogP contribution in [0.4, 0.5) is 0 Å². The molecule has 4 nitrogen and oxygen atoms in total.